The molecular formula is C23H35N3O5. The number of nitrogens with one attached hydrogen (secondary N) is 1. The Labute approximate surface area is 186 Å². The van der Waals surface area contributed by atoms with E-state index in [-0.39, 0.29) is 7.33 Å². The smallest absolute Gasteiger partial charge is 0.273 e. The molecule has 1 N–H and O–H groups in total. The van der Waals surface area contributed by atoms with Crippen molar-refractivity contribution < 1.29 is 25.2 Å². The van der Waals surface area contributed by atoms with Gasteiger partial charge in [0.2, 0.25) is 5.75 Å². The highest BCUT2D eigenvalue weighted by molar-refractivity contribution is 5.86. The van der Waals surface area contributed by atoms with Crippen molar-refractivity contribution in [3.63, 3.8) is 0 Å². The van der Waals surface area contributed by atoms with Gasteiger partial charge >= 0.3 is 0 Å². The fraction of sp³-hybridized carbons (Fsp3) is 0.391. The highest BCUT2D eigenvalue weighted by atomic mass is 16.5. The van der Waals surface area contributed by atoms with Crippen LogP contribution in [0.3, 0.4) is 0 Å². The molecule has 0 aliphatic heterocycles. The SMILES string of the molecule is CC.COc1cc(/C=N/NC(=O)C(OC)c2ccc(N(C)C)cc2)cc(OC)c1OC.[HH]. The number of benzene rings is 2. The summed E-state index contributed by atoms with van der Waals surface area (Å²) >= 11 is 0. The van der Waals surface area contributed by atoms with Gasteiger partial charge in [-0.25, -0.2) is 5.43 Å². The second-order valence-electron chi connectivity index (χ2n) is 6.29. The van der Waals surface area contributed by atoms with Gasteiger partial charge in [-0.3, -0.25) is 4.79 Å². The lowest BCUT2D eigenvalue weighted by atomic mass is 10.1. The number of nitrogens with zero attached hydrogens (tertiary/aromatic N) is 2. The summed E-state index contributed by atoms with van der Waals surface area (Å²) in [7, 11) is 9.98. The molecule has 0 fully saturated rings. The first-order chi connectivity index (χ1) is 14.9. The van der Waals surface area contributed by atoms with Crippen molar-refractivity contribution in [3.05, 3.63) is 47.5 Å². The van der Waals surface area contributed by atoms with Crippen LogP contribution in [0, 0.1) is 0 Å². The average molecular weight is 434 g/mol. The van der Waals surface area contributed by atoms with Crippen molar-refractivity contribution in [2.75, 3.05) is 47.4 Å². The van der Waals surface area contributed by atoms with Gasteiger partial charge < -0.3 is 23.8 Å². The summed E-state index contributed by atoms with van der Waals surface area (Å²) in [4.78, 5) is 14.5. The number of hydrogen-bond acceptors (Lipinski definition) is 7. The lowest BCUT2D eigenvalue weighted by Crippen LogP contribution is -2.26. The number of rotatable bonds is 9. The van der Waals surface area contributed by atoms with Gasteiger partial charge in [0, 0.05) is 33.9 Å². The van der Waals surface area contributed by atoms with Crippen molar-refractivity contribution in [2.45, 2.75) is 20.0 Å². The Kier molecular flexibility index (Phi) is 10.9. The third kappa shape index (κ3) is 6.89. The number of ether oxygens (including phenoxy) is 4. The van der Waals surface area contributed by atoms with E-state index in [2.05, 4.69) is 10.5 Å². The number of hydrazone groups is 1. The first-order valence-electron chi connectivity index (χ1n) is 9.88. The van der Waals surface area contributed by atoms with Crippen LogP contribution in [-0.4, -0.2) is 54.7 Å². The Balaban J connectivity index is 0.00000311. The van der Waals surface area contributed by atoms with Gasteiger partial charge in [0.1, 0.15) is 0 Å². The third-order valence-corrected chi connectivity index (χ3v) is 4.26. The molecule has 172 valence electrons. The number of methoxy groups -OCH3 is 4. The van der Waals surface area contributed by atoms with E-state index in [1.54, 1.807) is 12.1 Å². The Morgan fingerprint density at radius 2 is 1.55 bits per heavy atom. The van der Waals surface area contributed by atoms with Gasteiger partial charge in [-0.2, -0.15) is 5.10 Å². The largest absolute Gasteiger partial charge is 0.493 e. The summed E-state index contributed by atoms with van der Waals surface area (Å²) in [5.74, 6) is 1.09. The monoisotopic (exact) mass is 433 g/mol. The van der Waals surface area contributed by atoms with Gasteiger partial charge in [0.25, 0.3) is 5.91 Å². The number of carbonyl (C=O) groups excluding carboxylic acids is 1. The molecule has 0 bridgehead atoms. The molecule has 1 atom stereocenters. The van der Waals surface area contributed by atoms with Crippen LogP contribution in [0.1, 0.15) is 32.5 Å². The second kappa shape index (κ2) is 13.1. The van der Waals surface area contributed by atoms with Crippen LogP contribution in [0.4, 0.5) is 5.69 Å². The predicted octanol–water partition coefficient (Wildman–Crippen LogP) is 3.89. The molecule has 0 saturated carbocycles. The van der Waals surface area contributed by atoms with E-state index in [9.17, 15) is 4.79 Å². The second-order valence-corrected chi connectivity index (χ2v) is 6.29. The minimum atomic E-state index is -0.775. The fourth-order valence-corrected chi connectivity index (χ4v) is 2.75. The molecule has 2 aromatic rings. The molecule has 0 saturated heterocycles. The zero-order valence-corrected chi connectivity index (χ0v) is 19.6. The topological polar surface area (TPSA) is 81.6 Å². The van der Waals surface area contributed by atoms with Crippen molar-refractivity contribution in [2.24, 2.45) is 5.10 Å². The molecule has 0 aliphatic rings. The molecule has 0 radical (unpaired) electrons. The number of anilines is 1. The molecule has 2 aromatic carbocycles. The molecule has 31 heavy (non-hydrogen) atoms. The van der Waals surface area contributed by atoms with Crippen LogP contribution in [0.15, 0.2) is 41.5 Å². The van der Waals surface area contributed by atoms with Gasteiger partial charge in [0.05, 0.1) is 27.5 Å². The quantitative estimate of drug-likeness (QED) is 0.477. The average Bonchev–Trinajstić information content (AvgIpc) is 2.80. The molecular weight excluding hydrogens is 398 g/mol. The summed E-state index contributed by atoms with van der Waals surface area (Å²) in [6.07, 6.45) is 0.716. The van der Waals surface area contributed by atoms with E-state index < -0.39 is 6.10 Å². The molecule has 8 nitrogen and oxygen atoms in total. The lowest BCUT2D eigenvalue weighted by molar-refractivity contribution is -0.131. The van der Waals surface area contributed by atoms with Gasteiger partial charge in [-0.1, -0.05) is 26.0 Å². The summed E-state index contributed by atoms with van der Waals surface area (Å²) in [5, 5.41) is 4.02. The lowest BCUT2D eigenvalue weighted by Gasteiger charge is -2.16. The summed E-state index contributed by atoms with van der Waals surface area (Å²) < 4.78 is 21.3. The molecule has 0 aromatic heterocycles. The number of carbonyl (C=O) groups is 1. The van der Waals surface area contributed by atoms with Crippen LogP contribution >= 0.6 is 0 Å². The fourth-order valence-electron chi connectivity index (χ4n) is 2.75. The van der Waals surface area contributed by atoms with Crippen molar-refractivity contribution in [3.8, 4) is 17.2 Å². The maximum absolute atomic E-state index is 12.5. The van der Waals surface area contributed by atoms with Crippen LogP contribution in [-0.2, 0) is 9.53 Å². The van der Waals surface area contributed by atoms with Crippen LogP contribution in [0.2, 0.25) is 0 Å². The van der Waals surface area contributed by atoms with E-state index in [0.717, 1.165) is 11.3 Å². The van der Waals surface area contributed by atoms with E-state index in [4.69, 9.17) is 18.9 Å². The van der Waals surface area contributed by atoms with Gasteiger partial charge in [-0.15, -0.1) is 0 Å². The molecule has 0 spiro atoms. The number of amides is 1. The maximum Gasteiger partial charge on any atom is 0.273 e. The predicted molar refractivity (Wildman–Crippen MR) is 126 cm³/mol. The Morgan fingerprint density at radius 1 is 1.00 bits per heavy atom. The van der Waals surface area contributed by atoms with Crippen LogP contribution in [0.5, 0.6) is 17.2 Å². The Morgan fingerprint density at radius 3 is 1.97 bits per heavy atom. The zero-order valence-electron chi connectivity index (χ0n) is 19.6. The zero-order chi connectivity index (χ0) is 23.4. The van der Waals surface area contributed by atoms with E-state index >= 15 is 0 Å². The summed E-state index contributed by atoms with van der Waals surface area (Å²) in [6.45, 7) is 4.00. The first-order valence-corrected chi connectivity index (χ1v) is 9.88. The van der Waals surface area contributed by atoms with Crippen molar-refractivity contribution >= 4 is 17.8 Å². The van der Waals surface area contributed by atoms with E-state index in [1.165, 1.54) is 34.7 Å². The minimum Gasteiger partial charge on any atom is -0.493 e. The molecule has 0 aliphatic carbocycles. The van der Waals surface area contributed by atoms with E-state index in [0.29, 0.717) is 22.8 Å². The Hall–Kier alpha value is -3.26. The van der Waals surface area contributed by atoms with Crippen molar-refractivity contribution in [1.29, 1.82) is 0 Å². The van der Waals surface area contributed by atoms with Crippen LogP contribution in [0.25, 0.3) is 0 Å². The highest BCUT2D eigenvalue weighted by Gasteiger charge is 2.20. The first kappa shape index (κ1) is 25.8. The van der Waals surface area contributed by atoms with Crippen molar-refractivity contribution in [1.82, 2.24) is 5.43 Å². The highest BCUT2D eigenvalue weighted by Crippen LogP contribution is 2.37. The van der Waals surface area contributed by atoms with Gasteiger partial charge in [0.15, 0.2) is 17.6 Å². The standard InChI is InChI=1S/C21H27N3O5.C2H6.H2/c1-24(2)16-9-7-15(8-10-16)19(28-5)21(25)23-22-13-14-11-17(26-3)20(29-6)18(12-14)27-4;1-2;/h7-13,19H,1-6H3,(H,23,25);1-2H3;1H/b22-13+;;. The van der Waals surface area contributed by atoms with E-state index in [1.807, 2.05) is 57.1 Å². The third-order valence-electron chi connectivity index (χ3n) is 4.26. The molecule has 0 heterocycles. The normalized spacial score (nSPS) is 11.2. The number of hydrogen-bond donors (Lipinski definition) is 1. The Bertz CT molecular complexity index is 832. The van der Waals surface area contributed by atoms with Crippen LogP contribution < -0.4 is 24.5 Å². The summed E-state index contributed by atoms with van der Waals surface area (Å²) in [6, 6.07) is 11.0. The minimum absolute atomic E-state index is 0. The summed E-state index contributed by atoms with van der Waals surface area (Å²) in [5.41, 5.74) is 4.94. The maximum atomic E-state index is 12.5. The molecule has 2 rings (SSSR count). The molecule has 1 unspecified atom stereocenters. The molecule has 8 heteroatoms. The van der Waals surface area contributed by atoms with Gasteiger partial charge in [-0.05, 0) is 29.8 Å². The molecule has 1 amide bonds.